The molecule has 0 aliphatic carbocycles. The van der Waals surface area contributed by atoms with Crippen molar-refractivity contribution in [1.82, 2.24) is 9.78 Å². The molecule has 9 heteroatoms. The molecule has 0 spiro atoms. The highest BCUT2D eigenvalue weighted by Gasteiger charge is 2.32. The van der Waals surface area contributed by atoms with Gasteiger partial charge in [-0.3, -0.25) is 4.68 Å². The maximum atomic E-state index is 12.4. The lowest BCUT2D eigenvalue weighted by Crippen LogP contribution is -2.24. The number of nitrogens with one attached hydrogen (secondary N) is 1. The fraction of sp³-hybridized carbons (Fsp3) is 0.286. The van der Waals surface area contributed by atoms with Gasteiger partial charge >= 0.3 is 6.36 Å². The first-order valence-electron chi connectivity index (χ1n) is 6.66. The number of aromatic nitrogens is 2. The van der Waals surface area contributed by atoms with E-state index in [-0.39, 0.29) is 23.9 Å². The molecule has 0 fully saturated rings. The van der Waals surface area contributed by atoms with Crippen molar-refractivity contribution in [3.05, 3.63) is 41.7 Å². The third kappa shape index (κ3) is 4.90. The lowest BCUT2D eigenvalue weighted by Gasteiger charge is -2.14. The summed E-state index contributed by atoms with van der Waals surface area (Å²) in [7, 11) is 1.77. The van der Waals surface area contributed by atoms with Crippen LogP contribution in [0.2, 0.25) is 0 Å². The van der Waals surface area contributed by atoms with Crippen LogP contribution < -0.4 is 15.8 Å². The monoisotopic (exact) mass is 327 g/mol. The molecule has 6 nitrogen and oxygen atoms in total. The minimum absolute atomic E-state index is 0.0259. The zero-order valence-corrected chi connectivity index (χ0v) is 12.6. The maximum Gasteiger partial charge on any atom is 0.573 e. The van der Waals surface area contributed by atoms with E-state index in [1.807, 2.05) is 13.0 Å². The Morgan fingerprint density at radius 1 is 1.39 bits per heavy atom. The molecule has 0 aliphatic rings. The molecule has 0 aliphatic heterocycles. The number of hydrogen-bond acceptors (Lipinski definition) is 3. The summed E-state index contributed by atoms with van der Waals surface area (Å²) in [4.78, 5) is 4.09. The highest BCUT2D eigenvalue weighted by molar-refractivity contribution is 5.93. The molecule has 0 unspecified atom stereocenters. The molecular weight excluding hydrogens is 311 g/mol. The van der Waals surface area contributed by atoms with Gasteiger partial charge in [-0.15, -0.1) is 13.2 Å². The van der Waals surface area contributed by atoms with Gasteiger partial charge in [-0.05, 0) is 25.1 Å². The normalized spacial score (nSPS) is 12.3. The molecule has 0 saturated carbocycles. The van der Waals surface area contributed by atoms with Gasteiger partial charge < -0.3 is 15.8 Å². The fourth-order valence-electron chi connectivity index (χ4n) is 1.94. The second-order valence-corrected chi connectivity index (χ2v) is 4.77. The van der Waals surface area contributed by atoms with Gasteiger partial charge in [0, 0.05) is 7.05 Å². The lowest BCUT2D eigenvalue weighted by atomic mass is 10.3. The van der Waals surface area contributed by atoms with Crippen LogP contribution in [0, 0.1) is 6.92 Å². The molecule has 0 bridgehead atoms. The number of anilines is 1. The summed E-state index contributed by atoms with van der Waals surface area (Å²) in [5.41, 5.74) is 7.46. The van der Waals surface area contributed by atoms with Crippen LogP contribution in [0.1, 0.15) is 11.4 Å². The molecular formula is C14H16F3N5O. The molecule has 1 aromatic heterocycles. The Bertz CT molecular complexity index is 709. The number of aryl methyl sites for hydroxylation is 2. The Balaban J connectivity index is 2.09. The third-order valence-electron chi connectivity index (χ3n) is 2.89. The quantitative estimate of drug-likeness (QED) is 0.668. The Labute approximate surface area is 130 Å². The number of nitrogens with two attached hydrogens (primary N) is 1. The average molecular weight is 327 g/mol. The maximum absolute atomic E-state index is 12.4. The smallest absolute Gasteiger partial charge is 0.404 e. The van der Waals surface area contributed by atoms with E-state index in [2.05, 4.69) is 20.1 Å². The van der Waals surface area contributed by atoms with Crippen LogP contribution in [0.3, 0.4) is 0 Å². The van der Waals surface area contributed by atoms with Gasteiger partial charge in [-0.1, -0.05) is 12.1 Å². The van der Waals surface area contributed by atoms with Crippen molar-refractivity contribution in [3.63, 3.8) is 0 Å². The number of alkyl halides is 3. The molecule has 2 aromatic rings. The summed E-state index contributed by atoms with van der Waals surface area (Å²) in [6.07, 6.45) is -4.78. The SMILES string of the molecule is Cc1cc(CN=C(N)Nc2ccccc2OC(F)(F)F)n(C)n1. The zero-order valence-electron chi connectivity index (χ0n) is 12.6. The van der Waals surface area contributed by atoms with Gasteiger partial charge in [-0.25, -0.2) is 4.99 Å². The van der Waals surface area contributed by atoms with Crippen molar-refractivity contribution in [3.8, 4) is 5.75 Å². The van der Waals surface area contributed by atoms with Crippen molar-refractivity contribution in [2.45, 2.75) is 19.8 Å². The number of para-hydroxylation sites is 2. The number of ether oxygens (including phenoxy) is 1. The Morgan fingerprint density at radius 3 is 2.70 bits per heavy atom. The average Bonchev–Trinajstić information content (AvgIpc) is 2.75. The van der Waals surface area contributed by atoms with Crippen LogP contribution in [0.25, 0.3) is 0 Å². The highest BCUT2D eigenvalue weighted by Crippen LogP contribution is 2.29. The molecule has 0 saturated heterocycles. The Morgan fingerprint density at radius 2 is 2.09 bits per heavy atom. The van der Waals surface area contributed by atoms with Gasteiger partial charge in [0.1, 0.15) is 0 Å². The van der Waals surface area contributed by atoms with E-state index >= 15 is 0 Å². The zero-order chi connectivity index (χ0) is 17.0. The van der Waals surface area contributed by atoms with Crippen molar-refractivity contribution in [2.75, 3.05) is 5.32 Å². The summed E-state index contributed by atoms with van der Waals surface area (Å²) >= 11 is 0. The first kappa shape index (κ1) is 16.7. The largest absolute Gasteiger partial charge is 0.573 e. The van der Waals surface area contributed by atoms with E-state index in [4.69, 9.17) is 5.73 Å². The number of hydrogen-bond donors (Lipinski definition) is 2. The van der Waals surface area contributed by atoms with Crippen LogP contribution in [0.5, 0.6) is 5.75 Å². The molecule has 124 valence electrons. The van der Waals surface area contributed by atoms with Crippen LogP contribution in [-0.2, 0) is 13.6 Å². The van der Waals surface area contributed by atoms with Crippen molar-refractivity contribution in [2.24, 2.45) is 17.8 Å². The molecule has 0 radical (unpaired) electrons. The topological polar surface area (TPSA) is 77.5 Å². The van der Waals surface area contributed by atoms with E-state index < -0.39 is 6.36 Å². The van der Waals surface area contributed by atoms with Crippen molar-refractivity contribution >= 4 is 11.6 Å². The number of benzene rings is 1. The van der Waals surface area contributed by atoms with Gasteiger partial charge in [0.15, 0.2) is 11.7 Å². The second-order valence-electron chi connectivity index (χ2n) is 4.77. The predicted molar refractivity (Wildman–Crippen MR) is 80.0 cm³/mol. The number of guanidine groups is 1. The van der Waals surface area contributed by atoms with Crippen molar-refractivity contribution < 1.29 is 17.9 Å². The standard InChI is InChI=1S/C14H16F3N5O/c1-9-7-10(22(2)21-9)8-19-13(18)20-11-5-3-4-6-12(11)23-14(15,16)17/h3-7H,8H2,1-2H3,(H3,18,19,20). The van der Waals surface area contributed by atoms with E-state index in [9.17, 15) is 13.2 Å². The minimum atomic E-state index is -4.78. The third-order valence-corrected chi connectivity index (χ3v) is 2.89. The molecule has 23 heavy (non-hydrogen) atoms. The molecule has 0 amide bonds. The number of aliphatic imine (C=N–C) groups is 1. The molecule has 3 N–H and O–H groups in total. The van der Waals surface area contributed by atoms with Crippen LogP contribution in [0.15, 0.2) is 35.3 Å². The summed E-state index contributed by atoms with van der Waals surface area (Å²) in [5.74, 6) is -0.406. The van der Waals surface area contributed by atoms with Gasteiger partial charge in [-0.2, -0.15) is 5.10 Å². The van der Waals surface area contributed by atoms with Crippen LogP contribution in [0.4, 0.5) is 18.9 Å². The first-order chi connectivity index (χ1) is 10.7. The second kappa shape index (κ2) is 6.59. The van der Waals surface area contributed by atoms with Crippen molar-refractivity contribution in [1.29, 1.82) is 0 Å². The van der Waals surface area contributed by atoms with Crippen LogP contribution >= 0.6 is 0 Å². The van der Waals surface area contributed by atoms with Gasteiger partial charge in [0.2, 0.25) is 0 Å². The molecule has 0 atom stereocenters. The summed E-state index contributed by atoms with van der Waals surface area (Å²) in [6, 6.07) is 7.43. The minimum Gasteiger partial charge on any atom is -0.404 e. The highest BCUT2D eigenvalue weighted by atomic mass is 19.4. The van der Waals surface area contributed by atoms with Gasteiger partial charge in [0.05, 0.1) is 23.6 Å². The Hall–Kier alpha value is -2.71. The van der Waals surface area contributed by atoms with Crippen LogP contribution in [-0.4, -0.2) is 22.1 Å². The van der Waals surface area contributed by atoms with E-state index in [1.54, 1.807) is 17.8 Å². The summed E-state index contributed by atoms with van der Waals surface area (Å²) in [6.45, 7) is 2.10. The fourth-order valence-corrected chi connectivity index (χ4v) is 1.94. The molecule has 1 aromatic carbocycles. The predicted octanol–water partition coefficient (Wildman–Crippen LogP) is 2.55. The molecule has 1 heterocycles. The Kier molecular flexibility index (Phi) is 4.77. The lowest BCUT2D eigenvalue weighted by molar-refractivity contribution is -0.274. The van der Waals surface area contributed by atoms with Gasteiger partial charge in [0.25, 0.3) is 0 Å². The molecule has 2 rings (SSSR count). The van der Waals surface area contributed by atoms with E-state index in [0.717, 1.165) is 11.4 Å². The van der Waals surface area contributed by atoms with E-state index in [0.29, 0.717) is 0 Å². The summed E-state index contributed by atoms with van der Waals surface area (Å²) < 4.78 is 42.7. The summed E-state index contributed by atoms with van der Waals surface area (Å²) in [5, 5.41) is 6.77. The number of halogens is 3. The number of nitrogens with zero attached hydrogens (tertiary/aromatic N) is 3. The first-order valence-corrected chi connectivity index (χ1v) is 6.66. The number of rotatable bonds is 4. The van der Waals surface area contributed by atoms with E-state index in [1.165, 1.54) is 18.2 Å².